The van der Waals surface area contributed by atoms with Crippen molar-refractivity contribution in [1.82, 2.24) is 0 Å². The molecule has 2 aromatic carbocycles. The molecule has 0 amide bonds. The number of hydrogen-bond acceptors (Lipinski definition) is 4. The molecule has 1 N–H and O–H groups in total. The standard InChI is InChI=1S/C24H22FNO4/c1-3-4-21(27)20(24(28)29)10-15-5-7-18-16(9-15)13-30-22-11-17(25)6-8-19(22)23(18)14(2)12-26/h5-9,11,20H,3-4,10,13H2,1-2H3,(H,28,29)/b23-14+. The minimum atomic E-state index is -1.14. The summed E-state index contributed by atoms with van der Waals surface area (Å²) in [6.07, 6.45) is 0.899. The Morgan fingerprint density at radius 3 is 2.63 bits per heavy atom. The van der Waals surface area contributed by atoms with E-state index in [4.69, 9.17) is 4.74 Å². The number of carbonyl (C=O) groups excluding carboxylic acids is 1. The topological polar surface area (TPSA) is 87.4 Å². The number of ether oxygens (including phenoxy) is 1. The van der Waals surface area contributed by atoms with E-state index >= 15 is 0 Å². The van der Waals surface area contributed by atoms with Gasteiger partial charge >= 0.3 is 5.97 Å². The first-order chi connectivity index (χ1) is 14.3. The number of carbonyl (C=O) groups is 2. The van der Waals surface area contributed by atoms with E-state index < -0.39 is 17.7 Å². The van der Waals surface area contributed by atoms with Crippen molar-refractivity contribution >= 4 is 17.3 Å². The molecule has 1 atom stereocenters. The fraction of sp³-hybridized carbons (Fsp3) is 0.292. The zero-order valence-electron chi connectivity index (χ0n) is 16.9. The van der Waals surface area contributed by atoms with Crippen LogP contribution in [0.5, 0.6) is 5.75 Å². The maximum absolute atomic E-state index is 13.7. The van der Waals surface area contributed by atoms with Crippen LogP contribution >= 0.6 is 0 Å². The van der Waals surface area contributed by atoms with E-state index in [9.17, 15) is 24.3 Å². The highest BCUT2D eigenvalue weighted by Gasteiger charge is 2.27. The summed E-state index contributed by atoms with van der Waals surface area (Å²) in [5, 5.41) is 19.0. The van der Waals surface area contributed by atoms with Crippen LogP contribution in [0.15, 0.2) is 42.0 Å². The molecule has 0 fully saturated rings. The zero-order valence-corrected chi connectivity index (χ0v) is 16.9. The number of benzene rings is 2. The number of hydrogen-bond donors (Lipinski definition) is 1. The van der Waals surface area contributed by atoms with Crippen molar-refractivity contribution in [1.29, 1.82) is 5.26 Å². The Morgan fingerprint density at radius 2 is 1.97 bits per heavy atom. The molecule has 0 aliphatic carbocycles. The Hall–Kier alpha value is -3.46. The van der Waals surface area contributed by atoms with Crippen molar-refractivity contribution in [3.8, 4) is 11.8 Å². The smallest absolute Gasteiger partial charge is 0.314 e. The first-order valence-electron chi connectivity index (χ1n) is 9.77. The second kappa shape index (κ2) is 8.91. The molecule has 1 heterocycles. The van der Waals surface area contributed by atoms with Crippen LogP contribution in [0.2, 0.25) is 0 Å². The zero-order chi connectivity index (χ0) is 21.8. The van der Waals surface area contributed by atoms with Crippen LogP contribution in [0.3, 0.4) is 0 Å². The molecule has 1 aliphatic rings. The summed E-state index contributed by atoms with van der Waals surface area (Å²) in [4.78, 5) is 23.8. The molecule has 1 unspecified atom stereocenters. The maximum atomic E-state index is 13.7. The van der Waals surface area contributed by atoms with Crippen molar-refractivity contribution in [3.05, 3.63) is 70.0 Å². The normalized spacial score (nSPS) is 15.0. The molecule has 3 rings (SSSR count). The van der Waals surface area contributed by atoms with Gasteiger partial charge in [0, 0.05) is 29.2 Å². The van der Waals surface area contributed by atoms with Crippen molar-refractivity contribution in [2.45, 2.75) is 39.7 Å². The quantitative estimate of drug-likeness (QED) is 0.555. The number of ketones is 1. The second-order valence-electron chi connectivity index (χ2n) is 7.34. The molecule has 5 nitrogen and oxygen atoms in total. The van der Waals surface area contributed by atoms with E-state index in [2.05, 4.69) is 6.07 Å². The van der Waals surface area contributed by atoms with Crippen LogP contribution in [0.4, 0.5) is 4.39 Å². The maximum Gasteiger partial charge on any atom is 0.314 e. The number of allylic oxidation sites excluding steroid dienone is 1. The van der Waals surface area contributed by atoms with Gasteiger partial charge in [-0.05, 0) is 48.6 Å². The predicted octanol–water partition coefficient (Wildman–Crippen LogP) is 4.68. The Balaban J connectivity index is 2.05. The van der Waals surface area contributed by atoms with Crippen LogP contribution in [0.25, 0.3) is 5.57 Å². The molecule has 0 spiro atoms. The largest absolute Gasteiger partial charge is 0.488 e. The molecule has 154 valence electrons. The van der Waals surface area contributed by atoms with Gasteiger partial charge in [0.15, 0.2) is 0 Å². The molecule has 2 aromatic rings. The van der Waals surface area contributed by atoms with E-state index in [1.165, 1.54) is 12.1 Å². The lowest BCUT2D eigenvalue weighted by Gasteiger charge is -2.15. The van der Waals surface area contributed by atoms with E-state index in [0.717, 1.165) is 11.1 Å². The molecule has 0 bridgehead atoms. The number of nitriles is 1. The number of rotatable bonds is 6. The fourth-order valence-electron chi connectivity index (χ4n) is 3.72. The van der Waals surface area contributed by atoms with Crippen LogP contribution in [0.1, 0.15) is 48.9 Å². The first kappa shape index (κ1) is 21.3. The number of nitrogens with zero attached hydrogens (tertiary/aromatic N) is 1. The Kier molecular flexibility index (Phi) is 6.31. The Bertz CT molecular complexity index is 1080. The second-order valence-corrected chi connectivity index (χ2v) is 7.34. The summed E-state index contributed by atoms with van der Waals surface area (Å²) in [6.45, 7) is 3.67. The first-order valence-corrected chi connectivity index (χ1v) is 9.77. The summed E-state index contributed by atoms with van der Waals surface area (Å²) in [5.74, 6) is -2.62. The van der Waals surface area contributed by atoms with Gasteiger partial charge < -0.3 is 9.84 Å². The molecule has 1 aliphatic heterocycles. The Labute approximate surface area is 174 Å². The van der Waals surface area contributed by atoms with Gasteiger partial charge in [-0.25, -0.2) is 4.39 Å². The van der Waals surface area contributed by atoms with Crippen molar-refractivity contribution in [2.75, 3.05) is 0 Å². The molecule has 0 saturated heterocycles. The third-order valence-electron chi connectivity index (χ3n) is 5.20. The van der Waals surface area contributed by atoms with Crippen molar-refractivity contribution < 1.29 is 23.8 Å². The van der Waals surface area contributed by atoms with Crippen LogP contribution < -0.4 is 4.74 Å². The summed E-state index contributed by atoms with van der Waals surface area (Å²) in [6, 6.07) is 11.7. The highest BCUT2D eigenvalue weighted by Crippen LogP contribution is 2.39. The minimum Gasteiger partial charge on any atom is -0.488 e. The average molecular weight is 407 g/mol. The summed E-state index contributed by atoms with van der Waals surface area (Å²) in [5.41, 5.74) is 3.96. The lowest BCUT2D eigenvalue weighted by molar-refractivity contribution is -0.146. The highest BCUT2D eigenvalue weighted by molar-refractivity contribution is 5.98. The van der Waals surface area contributed by atoms with Crippen LogP contribution in [-0.4, -0.2) is 16.9 Å². The van der Waals surface area contributed by atoms with Crippen LogP contribution in [-0.2, 0) is 22.6 Å². The van der Waals surface area contributed by atoms with Gasteiger partial charge in [-0.3, -0.25) is 9.59 Å². The highest BCUT2D eigenvalue weighted by atomic mass is 19.1. The van der Waals surface area contributed by atoms with Gasteiger partial charge in [0.1, 0.15) is 29.9 Å². The van der Waals surface area contributed by atoms with Crippen molar-refractivity contribution in [2.24, 2.45) is 5.92 Å². The van der Waals surface area contributed by atoms with Gasteiger partial charge in [-0.2, -0.15) is 5.26 Å². The number of carboxylic acid groups (broad SMARTS) is 1. The molecule has 6 heteroatoms. The Morgan fingerprint density at radius 1 is 1.23 bits per heavy atom. The average Bonchev–Trinajstić information content (AvgIpc) is 2.87. The molecule has 0 aromatic heterocycles. The van der Waals surface area contributed by atoms with Gasteiger partial charge in [0.05, 0.1) is 6.07 Å². The third-order valence-corrected chi connectivity index (χ3v) is 5.20. The van der Waals surface area contributed by atoms with E-state index in [1.807, 2.05) is 13.0 Å². The summed E-state index contributed by atoms with van der Waals surface area (Å²) >= 11 is 0. The number of Topliss-reactive ketones (excluding diaryl/α,β-unsaturated/α-hetero) is 1. The molecular formula is C24H22FNO4. The van der Waals surface area contributed by atoms with Gasteiger partial charge in [0.2, 0.25) is 0 Å². The van der Waals surface area contributed by atoms with Crippen molar-refractivity contribution in [3.63, 3.8) is 0 Å². The molecular weight excluding hydrogens is 385 g/mol. The SMILES string of the molecule is CCCC(=O)C(Cc1ccc2c(c1)COc1cc(F)ccc1/C2=C(\C)C#N)C(=O)O. The van der Waals surface area contributed by atoms with Gasteiger partial charge in [0.25, 0.3) is 0 Å². The van der Waals surface area contributed by atoms with E-state index in [-0.39, 0.29) is 25.2 Å². The predicted molar refractivity (Wildman–Crippen MR) is 109 cm³/mol. The number of fused-ring (bicyclic) bond motifs is 2. The summed E-state index contributed by atoms with van der Waals surface area (Å²) in [7, 11) is 0. The fourth-order valence-corrected chi connectivity index (χ4v) is 3.72. The lowest BCUT2D eigenvalue weighted by atomic mass is 9.87. The molecule has 0 radical (unpaired) electrons. The van der Waals surface area contributed by atoms with E-state index in [1.54, 1.807) is 25.1 Å². The third kappa shape index (κ3) is 4.25. The number of aliphatic carboxylic acids is 1. The molecule has 30 heavy (non-hydrogen) atoms. The lowest BCUT2D eigenvalue weighted by Crippen LogP contribution is -2.25. The number of halogens is 1. The van der Waals surface area contributed by atoms with Gasteiger partial charge in [-0.15, -0.1) is 0 Å². The molecule has 0 saturated carbocycles. The van der Waals surface area contributed by atoms with E-state index in [0.29, 0.717) is 34.4 Å². The summed E-state index contributed by atoms with van der Waals surface area (Å²) < 4.78 is 19.5. The monoisotopic (exact) mass is 407 g/mol. The minimum absolute atomic E-state index is 0.0826. The van der Waals surface area contributed by atoms with Crippen LogP contribution in [0, 0.1) is 23.1 Å². The number of carboxylic acids is 1. The van der Waals surface area contributed by atoms with Gasteiger partial charge in [-0.1, -0.05) is 25.1 Å².